The molecule has 2 N–H and O–H groups in total. The van der Waals surface area contributed by atoms with Gasteiger partial charge in [-0.1, -0.05) is 23.5 Å². The van der Waals surface area contributed by atoms with E-state index in [1.165, 1.54) is 11.3 Å². The van der Waals surface area contributed by atoms with Gasteiger partial charge in [-0.3, -0.25) is 4.79 Å². The summed E-state index contributed by atoms with van der Waals surface area (Å²) in [5, 5.41) is 6.65. The molecule has 0 saturated heterocycles. The van der Waals surface area contributed by atoms with Gasteiger partial charge in [-0.05, 0) is 25.1 Å². The van der Waals surface area contributed by atoms with E-state index in [4.69, 9.17) is 4.74 Å². The minimum absolute atomic E-state index is 0.156. The Labute approximate surface area is 137 Å². The van der Waals surface area contributed by atoms with Crippen molar-refractivity contribution in [2.45, 2.75) is 13.0 Å². The number of amides is 1. The van der Waals surface area contributed by atoms with Crippen molar-refractivity contribution >= 4 is 38.3 Å². The molecule has 118 valence electrons. The minimum atomic E-state index is -0.419. The molecule has 0 bridgehead atoms. The summed E-state index contributed by atoms with van der Waals surface area (Å²) in [5.41, 5.74) is 1.54. The number of carbonyl (C=O) groups is 1. The second kappa shape index (κ2) is 6.62. The van der Waals surface area contributed by atoms with Gasteiger partial charge in [0.15, 0.2) is 5.13 Å². The fraction of sp³-hybridized carbons (Fsp3) is 0.188. The smallest absolute Gasteiger partial charge is 0.246 e. The topological polar surface area (TPSA) is 76.1 Å². The van der Waals surface area contributed by atoms with Crippen molar-refractivity contribution in [2.75, 3.05) is 17.7 Å². The number of pyridine rings is 1. The first-order valence-electron chi connectivity index (χ1n) is 7.09. The van der Waals surface area contributed by atoms with Crippen molar-refractivity contribution < 1.29 is 9.53 Å². The SMILES string of the molecule is COc1ccc(NC(=O)C(C)Nc2nc3ccccc3s2)cn1. The van der Waals surface area contributed by atoms with Gasteiger partial charge in [0.25, 0.3) is 0 Å². The van der Waals surface area contributed by atoms with Crippen LogP contribution >= 0.6 is 11.3 Å². The van der Waals surface area contributed by atoms with Gasteiger partial charge in [0.1, 0.15) is 6.04 Å². The Morgan fingerprint density at radius 2 is 2.09 bits per heavy atom. The van der Waals surface area contributed by atoms with Crippen molar-refractivity contribution in [3.05, 3.63) is 42.6 Å². The van der Waals surface area contributed by atoms with Crippen LogP contribution in [0.25, 0.3) is 10.2 Å². The van der Waals surface area contributed by atoms with E-state index in [0.717, 1.165) is 15.3 Å². The van der Waals surface area contributed by atoms with Crippen molar-refractivity contribution in [3.63, 3.8) is 0 Å². The van der Waals surface area contributed by atoms with Crippen LogP contribution < -0.4 is 15.4 Å². The van der Waals surface area contributed by atoms with Gasteiger partial charge in [-0.25, -0.2) is 9.97 Å². The number of thiazole rings is 1. The first-order valence-corrected chi connectivity index (χ1v) is 7.90. The zero-order valence-corrected chi connectivity index (χ0v) is 13.6. The molecule has 0 aliphatic carbocycles. The molecular weight excluding hydrogens is 312 g/mol. The molecular formula is C16H16N4O2S. The molecule has 0 radical (unpaired) electrons. The number of para-hydroxylation sites is 1. The Morgan fingerprint density at radius 3 is 2.78 bits per heavy atom. The summed E-state index contributed by atoms with van der Waals surface area (Å²) in [6, 6.07) is 10.9. The van der Waals surface area contributed by atoms with E-state index in [0.29, 0.717) is 11.6 Å². The van der Waals surface area contributed by atoms with Gasteiger partial charge in [0.05, 0.1) is 29.2 Å². The number of aromatic nitrogens is 2. The molecule has 3 aromatic rings. The maximum Gasteiger partial charge on any atom is 0.246 e. The molecule has 0 aliphatic rings. The zero-order valence-electron chi connectivity index (χ0n) is 12.7. The summed E-state index contributed by atoms with van der Waals surface area (Å²) in [6.07, 6.45) is 1.56. The average molecular weight is 328 g/mol. The predicted octanol–water partition coefficient (Wildman–Crippen LogP) is 3.14. The molecule has 0 aliphatic heterocycles. The number of nitrogens with zero attached hydrogens (tertiary/aromatic N) is 2. The number of nitrogens with one attached hydrogen (secondary N) is 2. The monoisotopic (exact) mass is 328 g/mol. The quantitative estimate of drug-likeness (QED) is 0.752. The lowest BCUT2D eigenvalue weighted by Crippen LogP contribution is -2.31. The molecule has 1 amide bonds. The highest BCUT2D eigenvalue weighted by Gasteiger charge is 2.15. The number of carbonyl (C=O) groups excluding carboxylic acids is 1. The number of anilines is 2. The maximum absolute atomic E-state index is 12.2. The Hall–Kier alpha value is -2.67. The van der Waals surface area contributed by atoms with Gasteiger partial charge < -0.3 is 15.4 Å². The van der Waals surface area contributed by atoms with Crippen molar-refractivity contribution in [2.24, 2.45) is 0 Å². The lowest BCUT2D eigenvalue weighted by Gasteiger charge is -2.13. The van der Waals surface area contributed by atoms with Gasteiger partial charge in [-0.2, -0.15) is 0 Å². The normalized spacial score (nSPS) is 11.9. The van der Waals surface area contributed by atoms with E-state index in [2.05, 4.69) is 20.6 Å². The maximum atomic E-state index is 12.2. The number of ether oxygens (including phenoxy) is 1. The zero-order chi connectivity index (χ0) is 16.2. The Balaban J connectivity index is 1.64. The fourth-order valence-corrected chi connectivity index (χ4v) is 2.96. The van der Waals surface area contributed by atoms with Gasteiger partial charge in [-0.15, -0.1) is 0 Å². The Kier molecular flexibility index (Phi) is 4.38. The average Bonchev–Trinajstić information content (AvgIpc) is 2.97. The third-order valence-corrected chi connectivity index (χ3v) is 4.21. The number of methoxy groups -OCH3 is 1. The van der Waals surface area contributed by atoms with Crippen molar-refractivity contribution in [1.82, 2.24) is 9.97 Å². The summed E-state index contributed by atoms with van der Waals surface area (Å²) in [5.74, 6) is 0.347. The van der Waals surface area contributed by atoms with E-state index in [9.17, 15) is 4.79 Å². The lowest BCUT2D eigenvalue weighted by atomic mass is 10.3. The van der Waals surface area contributed by atoms with Crippen LogP contribution in [-0.2, 0) is 4.79 Å². The fourth-order valence-electron chi connectivity index (χ4n) is 2.01. The summed E-state index contributed by atoms with van der Waals surface area (Å²) in [4.78, 5) is 20.7. The lowest BCUT2D eigenvalue weighted by molar-refractivity contribution is -0.116. The van der Waals surface area contributed by atoms with Gasteiger partial charge >= 0.3 is 0 Å². The Morgan fingerprint density at radius 1 is 1.26 bits per heavy atom. The van der Waals surface area contributed by atoms with Gasteiger partial charge in [0, 0.05) is 6.07 Å². The summed E-state index contributed by atoms with van der Waals surface area (Å²) in [7, 11) is 1.55. The number of benzene rings is 1. The first kappa shape index (κ1) is 15.2. The van der Waals surface area contributed by atoms with Gasteiger partial charge in [0.2, 0.25) is 11.8 Å². The number of hydrogen-bond acceptors (Lipinski definition) is 6. The highest BCUT2D eigenvalue weighted by molar-refractivity contribution is 7.22. The van der Waals surface area contributed by atoms with E-state index in [-0.39, 0.29) is 5.91 Å². The molecule has 2 aromatic heterocycles. The van der Waals surface area contributed by atoms with Crippen molar-refractivity contribution in [1.29, 1.82) is 0 Å². The van der Waals surface area contributed by atoms with E-state index < -0.39 is 6.04 Å². The van der Waals surface area contributed by atoms with Crippen LogP contribution in [0, 0.1) is 0 Å². The molecule has 0 saturated carbocycles. The molecule has 0 spiro atoms. The van der Waals surface area contributed by atoms with Crippen molar-refractivity contribution in [3.8, 4) is 5.88 Å². The highest BCUT2D eigenvalue weighted by atomic mass is 32.1. The second-order valence-corrected chi connectivity index (χ2v) is 5.96. The number of fused-ring (bicyclic) bond motifs is 1. The highest BCUT2D eigenvalue weighted by Crippen LogP contribution is 2.25. The molecule has 1 aromatic carbocycles. The molecule has 7 heteroatoms. The van der Waals surface area contributed by atoms with E-state index in [1.54, 1.807) is 32.4 Å². The van der Waals surface area contributed by atoms with E-state index in [1.807, 2.05) is 24.3 Å². The summed E-state index contributed by atoms with van der Waals surface area (Å²) in [6.45, 7) is 1.79. The van der Waals surface area contributed by atoms with Crippen LogP contribution in [-0.4, -0.2) is 29.0 Å². The van der Waals surface area contributed by atoms with Crippen LogP contribution in [0.5, 0.6) is 5.88 Å². The van der Waals surface area contributed by atoms with Crippen LogP contribution in [0.4, 0.5) is 10.8 Å². The standard InChI is InChI=1S/C16H16N4O2S/c1-10(15(21)19-11-7-8-14(22-2)17-9-11)18-16-20-12-5-3-4-6-13(12)23-16/h3-10H,1-2H3,(H,18,20)(H,19,21). The minimum Gasteiger partial charge on any atom is -0.481 e. The molecule has 23 heavy (non-hydrogen) atoms. The summed E-state index contributed by atoms with van der Waals surface area (Å²) < 4.78 is 6.07. The number of rotatable bonds is 5. The third-order valence-electron chi connectivity index (χ3n) is 3.24. The second-order valence-electron chi connectivity index (χ2n) is 4.93. The molecule has 3 rings (SSSR count). The van der Waals surface area contributed by atoms with Crippen LogP contribution in [0.1, 0.15) is 6.92 Å². The third kappa shape index (κ3) is 3.57. The molecule has 1 unspecified atom stereocenters. The predicted molar refractivity (Wildman–Crippen MR) is 92.1 cm³/mol. The van der Waals surface area contributed by atoms with Crippen LogP contribution in [0.3, 0.4) is 0 Å². The molecule has 1 atom stereocenters. The molecule has 2 heterocycles. The Bertz CT molecular complexity index is 783. The largest absolute Gasteiger partial charge is 0.481 e. The first-order chi connectivity index (χ1) is 11.2. The van der Waals surface area contributed by atoms with Crippen LogP contribution in [0.2, 0.25) is 0 Å². The number of hydrogen-bond donors (Lipinski definition) is 2. The molecule has 6 nitrogen and oxygen atoms in total. The molecule has 0 fully saturated rings. The van der Waals surface area contributed by atoms with E-state index >= 15 is 0 Å². The summed E-state index contributed by atoms with van der Waals surface area (Å²) >= 11 is 1.52. The van der Waals surface area contributed by atoms with Crippen LogP contribution in [0.15, 0.2) is 42.6 Å².